The number of hydrogen-bond donors (Lipinski definition) is 1. The third kappa shape index (κ3) is 5.99. The lowest BCUT2D eigenvalue weighted by Gasteiger charge is -2.31. The van der Waals surface area contributed by atoms with Gasteiger partial charge in [-0.15, -0.1) is 0 Å². The van der Waals surface area contributed by atoms with Crippen molar-refractivity contribution in [3.63, 3.8) is 0 Å². The van der Waals surface area contributed by atoms with Crippen LogP contribution in [-0.4, -0.2) is 38.8 Å². The van der Waals surface area contributed by atoms with E-state index in [9.17, 15) is 13.2 Å². The van der Waals surface area contributed by atoms with Gasteiger partial charge in [-0.2, -0.15) is 0 Å². The van der Waals surface area contributed by atoms with Gasteiger partial charge in [-0.05, 0) is 79.5 Å². The Labute approximate surface area is 204 Å². The van der Waals surface area contributed by atoms with Crippen molar-refractivity contribution in [3.05, 3.63) is 64.2 Å². The van der Waals surface area contributed by atoms with Crippen molar-refractivity contribution in [1.82, 2.24) is 9.62 Å². The Kier molecular flexibility index (Phi) is 8.42. The summed E-state index contributed by atoms with van der Waals surface area (Å²) in [6.45, 7) is 11.0. The van der Waals surface area contributed by atoms with Crippen molar-refractivity contribution in [2.45, 2.75) is 65.2 Å². The molecule has 186 valence electrons. The lowest BCUT2D eigenvalue weighted by molar-refractivity contribution is -0.126. The molecule has 0 bridgehead atoms. The molecule has 1 atom stereocenters. The van der Waals surface area contributed by atoms with Gasteiger partial charge in [-0.25, -0.2) is 12.7 Å². The minimum absolute atomic E-state index is 0.00248. The fourth-order valence-corrected chi connectivity index (χ4v) is 6.34. The van der Waals surface area contributed by atoms with Gasteiger partial charge in [0.2, 0.25) is 15.9 Å². The second kappa shape index (κ2) is 10.9. The first-order valence-electron chi connectivity index (χ1n) is 12.0. The van der Waals surface area contributed by atoms with Crippen molar-refractivity contribution in [2.75, 3.05) is 20.2 Å². The Morgan fingerprint density at radius 3 is 2.29 bits per heavy atom. The largest absolute Gasteiger partial charge is 0.496 e. The van der Waals surface area contributed by atoms with Gasteiger partial charge in [0.25, 0.3) is 0 Å². The quantitative estimate of drug-likeness (QED) is 0.578. The Morgan fingerprint density at radius 1 is 1.06 bits per heavy atom. The first-order valence-corrected chi connectivity index (χ1v) is 13.7. The molecule has 0 aliphatic carbocycles. The monoisotopic (exact) mass is 486 g/mol. The molecule has 7 heteroatoms. The van der Waals surface area contributed by atoms with Crippen molar-refractivity contribution in [1.29, 1.82) is 0 Å². The van der Waals surface area contributed by atoms with E-state index in [1.807, 2.05) is 51.1 Å². The highest BCUT2D eigenvalue weighted by Gasteiger charge is 2.32. The molecule has 1 aliphatic rings. The third-order valence-corrected chi connectivity index (χ3v) is 8.71. The molecule has 34 heavy (non-hydrogen) atoms. The van der Waals surface area contributed by atoms with Crippen LogP contribution < -0.4 is 10.1 Å². The molecule has 0 saturated carbocycles. The predicted octanol–water partition coefficient (Wildman–Crippen LogP) is 4.85. The summed E-state index contributed by atoms with van der Waals surface area (Å²) < 4.78 is 33.0. The van der Waals surface area contributed by atoms with Crippen molar-refractivity contribution >= 4 is 15.9 Å². The van der Waals surface area contributed by atoms with Gasteiger partial charge in [-0.3, -0.25) is 4.79 Å². The number of amides is 1. The van der Waals surface area contributed by atoms with E-state index in [2.05, 4.69) is 25.2 Å². The molecule has 1 N–H and O–H groups in total. The number of nitrogens with one attached hydrogen (secondary N) is 1. The fourth-order valence-electron chi connectivity index (χ4n) is 4.68. The Hall–Kier alpha value is -2.38. The summed E-state index contributed by atoms with van der Waals surface area (Å²) >= 11 is 0. The van der Waals surface area contributed by atoms with Gasteiger partial charge in [0.15, 0.2) is 0 Å². The smallest absolute Gasteiger partial charge is 0.223 e. The summed E-state index contributed by atoms with van der Waals surface area (Å²) in [5.74, 6) is 0.986. The molecular formula is C27H38N2O4S. The molecule has 3 rings (SSSR count). The Morgan fingerprint density at radius 2 is 1.71 bits per heavy atom. The molecule has 0 spiro atoms. The summed E-state index contributed by atoms with van der Waals surface area (Å²) in [7, 11) is -1.73. The van der Waals surface area contributed by atoms with Crippen LogP contribution in [0, 0.1) is 19.8 Å². The molecule has 0 aromatic heterocycles. The van der Waals surface area contributed by atoms with Gasteiger partial charge in [0.1, 0.15) is 5.75 Å². The van der Waals surface area contributed by atoms with Crippen LogP contribution >= 0.6 is 0 Å². The number of sulfonamides is 1. The highest BCUT2D eigenvalue weighted by Crippen LogP contribution is 2.32. The van der Waals surface area contributed by atoms with Crippen LogP contribution in [0.3, 0.4) is 0 Å². The first-order chi connectivity index (χ1) is 16.0. The summed E-state index contributed by atoms with van der Waals surface area (Å²) in [5, 5.41) is 3.16. The molecule has 0 unspecified atom stereocenters. The van der Waals surface area contributed by atoms with E-state index >= 15 is 0 Å². The molecule has 2 aromatic rings. The normalized spacial score (nSPS) is 16.4. The zero-order valence-corrected chi connectivity index (χ0v) is 22.0. The average molecular weight is 487 g/mol. The number of hydrogen-bond acceptors (Lipinski definition) is 4. The molecule has 1 heterocycles. The van der Waals surface area contributed by atoms with Crippen LogP contribution in [-0.2, 0) is 20.6 Å². The number of benzene rings is 2. The standard InChI is InChI=1S/C27H38N2O4S/c1-18(2)24-16-25(20(4)15-26(24)33-6)21(5)28-27(30)22-11-13-29(14-12-22)34(31,32)17-23-10-8-7-9-19(23)3/h7-10,15-16,18,21-22H,11-14,17H2,1-6H3,(H,28,30)/t21-/m0/s1. The summed E-state index contributed by atoms with van der Waals surface area (Å²) in [6, 6.07) is 11.6. The van der Waals surface area contributed by atoms with Gasteiger partial charge >= 0.3 is 0 Å². The maximum Gasteiger partial charge on any atom is 0.223 e. The number of carbonyl (C=O) groups excluding carboxylic acids is 1. The molecule has 2 aromatic carbocycles. The third-order valence-electron chi connectivity index (χ3n) is 6.88. The number of piperidine rings is 1. The molecule has 6 nitrogen and oxygen atoms in total. The van der Waals surface area contributed by atoms with Gasteiger partial charge in [0.05, 0.1) is 18.9 Å². The number of methoxy groups -OCH3 is 1. The van der Waals surface area contributed by atoms with Crippen LogP contribution in [0.1, 0.15) is 73.4 Å². The van der Waals surface area contributed by atoms with E-state index < -0.39 is 10.0 Å². The summed E-state index contributed by atoms with van der Waals surface area (Å²) in [5.41, 5.74) is 5.08. The van der Waals surface area contributed by atoms with Crippen molar-refractivity contribution < 1.29 is 17.9 Å². The van der Waals surface area contributed by atoms with Crippen LogP contribution in [0.5, 0.6) is 5.75 Å². The highest BCUT2D eigenvalue weighted by atomic mass is 32.2. The molecular weight excluding hydrogens is 448 g/mol. The number of carbonyl (C=O) groups is 1. The molecule has 1 aliphatic heterocycles. The van der Waals surface area contributed by atoms with Crippen LogP contribution in [0.15, 0.2) is 36.4 Å². The molecule has 0 radical (unpaired) electrons. The Bertz CT molecular complexity index is 1120. The van der Waals surface area contributed by atoms with E-state index in [0.717, 1.165) is 33.6 Å². The summed E-state index contributed by atoms with van der Waals surface area (Å²) in [6.07, 6.45) is 1.06. The van der Waals surface area contributed by atoms with E-state index in [-0.39, 0.29) is 23.6 Å². The van der Waals surface area contributed by atoms with Gasteiger partial charge in [0, 0.05) is 19.0 Å². The fraction of sp³-hybridized carbons (Fsp3) is 0.519. The molecule has 1 fully saturated rings. The van der Waals surface area contributed by atoms with Gasteiger partial charge in [-0.1, -0.05) is 38.1 Å². The molecule has 1 amide bonds. The summed E-state index contributed by atoms with van der Waals surface area (Å²) in [4.78, 5) is 13.0. The minimum Gasteiger partial charge on any atom is -0.496 e. The highest BCUT2D eigenvalue weighted by molar-refractivity contribution is 7.88. The number of nitrogens with zero attached hydrogens (tertiary/aromatic N) is 1. The zero-order chi connectivity index (χ0) is 25.0. The number of ether oxygens (including phenoxy) is 1. The lowest BCUT2D eigenvalue weighted by atomic mass is 9.92. The second-order valence-electron chi connectivity index (χ2n) is 9.69. The van der Waals surface area contributed by atoms with E-state index in [4.69, 9.17) is 4.74 Å². The average Bonchev–Trinajstić information content (AvgIpc) is 2.80. The number of aryl methyl sites for hydroxylation is 2. The van der Waals surface area contributed by atoms with Crippen molar-refractivity contribution in [3.8, 4) is 5.75 Å². The van der Waals surface area contributed by atoms with E-state index in [1.54, 1.807) is 7.11 Å². The predicted molar refractivity (Wildman–Crippen MR) is 136 cm³/mol. The van der Waals surface area contributed by atoms with E-state index in [0.29, 0.717) is 31.8 Å². The molecule has 1 saturated heterocycles. The zero-order valence-electron chi connectivity index (χ0n) is 21.2. The van der Waals surface area contributed by atoms with Gasteiger partial charge < -0.3 is 10.1 Å². The second-order valence-corrected chi connectivity index (χ2v) is 11.7. The lowest BCUT2D eigenvalue weighted by Crippen LogP contribution is -2.43. The first kappa shape index (κ1) is 26.2. The van der Waals surface area contributed by atoms with Crippen molar-refractivity contribution in [2.24, 2.45) is 5.92 Å². The Balaban J connectivity index is 1.62. The minimum atomic E-state index is -3.41. The number of rotatable bonds is 8. The van der Waals surface area contributed by atoms with Crippen LogP contribution in [0.2, 0.25) is 0 Å². The topological polar surface area (TPSA) is 75.7 Å². The maximum atomic E-state index is 13.0. The van der Waals surface area contributed by atoms with Crippen LogP contribution in [0.4, 0.5) is 0 Å². The van der Waals surface area contributed by atoms with E-state index in [1.165, 1.54) is 4.31 Å². The SMILES string of the molecule is COc1cc(C)c([C@H](C)NC(=O)C2CCN(S(=O)(=O)Cc3ccccc3C)CC2)cc1C(C)C. The maximum absolute atomic E-state index is 13.0. The van der Waals surface area contributed by atoms with Crippen LogP contribution in [0.25, 0.3) is 0 Å².